The Morgan fingerprint density at radius 3 is 2.33 bits per heavy atom. The van der Waals surface area contributed by atoms with Crippen molar-refractivity contribution in [1.29, 1.82) is 0 Å². The lowest BCUT2D eigenvalue weighted by Gasteiger charge is -2.07. The molecule has 1 aromatic carbocycles. The topological polar surface area (TPSA) is 57.2 Å². The molecule has 0 atom stereocenters. The maximum atomic E-state index is 12.6. The van der Waals surface area contributed by atoms with Gasteiger partial charge in [0, 0.05) is 0 Å². The van der Waals surface area contributed by atoms with Crippen LogP contribution >= 0.6 is 0 Å². The maximum Gasteiger partial charge on any atom is 0.124 e. The fraction of sp³-hybridized carbons (Fsp3) is 0.143. The third-order valence-corrected chi connectivity index (χ3v) is 2.12. The van der Waals surface area contributed by atoms with E-state index in [0.717, 1.165) is 12.1 Å². The Kier molecular flexibility index (Phi) is 2.16. The predicted molar refractivity (Wildman–Crippen MR) is 39.1 cm³/mol. The van der Waals surface area contributed by atoms with Crippen LogP contribution in [0.2, 0.25) is 0 Å². The molecule has 0 saturated heterocycles. The smallest absolute Gasteiger partial charge is 0.124 e. The summed E-state index contributed by atoms with van der Waals surface area (Å²) in [5.74, 6) is -0.718. The molecular formula is C7H6FO3S-. The van der Waals surface area contributed by atoms with Gasteiger partial charge < -0.3 is 4.55 Å². The highest BCUT2D eigenvalue weighted by molar-refractivity contribution is 7.85. The maximum absolute atomic E-state index is 12.6. The van der Waals surface area contributed by atoms with Crippen LogP contribution in [-0.2, 0) is 10.1 Å². The molecule has 5 heteroatoms. The van der Waals surface area contributed by atoms with E-state index in [1.807, 2.05) is 0 Å². The highest BCUT2D eigenvalue weighted by Gasteiger charge is 2.03. The Bertz CT molecular complexity index is 377. The number of benzene rings is 1. The zero-order valence-corrected chi connectivity index (χ0v) is 7.06. The lowest BCUT2D eigenvalue weighted by atomic mass is 10.2. The van der Waals surface area contributed by atoms with E-state index in [1.54, 1.807) is 0 Å². The first kappa shape index (κ1) is 9.15. The van der Waals surface area contributed by atoms with Gasteiger partial charge in [-0.2, -0.15) is 0 Å². The van der Waals surface area contributed by atoms with Gasteiger partial charge in [0.15, 0.2) is 0 Å². The molecule has 3 nitrogen and oxygen atoms in total. The van der Waals surface area contributed by atoms with Crippen LogP contribution in [0.15, 0.2) is 23.1 Å². The number of hydrogen-bond acceptors (Lipinski definition) is 3. The molecule has 0 spiro atoms. The van der Waals surface area contributed by atoms with Gasteiger partial charge in [-0.1, -0.05) is 0 Å². The average molecular weight is 189 g/mol. The molecule has 0 radical (unpaired) electrons. The molecule has 0 amide bonds. The fourth-order valence-corrected chi connectivity index (χ4v) is 1.43. The summed E-state index contributed by atoms with van der Waals surface area (Å²) in [6.45, 7) is 1.51. The van der Waals surface area contributed by atoms with Gasteiger partial charge in [-0.05, 0) is 30.7 Å². The van der Waals surface area contributed by atoms with Gasteiger partial charge in [0.1, 0.15) is 15.9 Å². The Morgan fingerprint density at radius 2 is 1.92 bits per heavy atom. The van der Waals surface area contributed by atoms with Crippen molar-refractivity contribution in [1.82, 2.24) is 0 Å². The summed E-state index contributed by atoms with van der Waals surface area (Å²) in [6.07, 6.45) is 0. The van der Waals surface area contributed by atoms with Crippen molar-refractivity contribution in [2.45, 2.75) is 11.8 Å². The first-order chi connectivity index (χ1) is 5.39. The normalized spacial score (nSPS) is 11.6. The Hall–Kier alpha value is -0.940. The molecule has 0 fully saturated rings. The molecule has 1 aromatic rings. The van der Waals surface area contributed by atoms with Crippen molar-refractivity contribution in [3.8, 4) is 0 Å². The summed E-state index contributed by atoms with van der Waals surface area (Å²) < 4.78 is 43.8. The number of hydrogen-bond donors (Lipinski definition) is 0. The zero-order chi connectivity index (χ0) is 9.35. The van der Waals surface area contributed by atoms with Crippen LogP contribution in [0.1, 0.15) is 5.56 Å². The Morgan fingerprint density at radius 1 is 1.33 bits per heavy atom. The number of halogens is 1. The minimum absolute atomic E-state index is 0.407. The Balaban J connectivity index is 3.37. The second-order valence-electron chi connectivity index (χ2n) is 2.42. The molecule has 0 bridgehead atoms. The second-order valence-corrected chi connectivity index (χ2v) is 3.80. The third-order valence-electron chi connectivity index (χ3n) is 1.30. The molecule has 1 rings (SSSR count). The first-order valence-electron chi connectivity index (χ1n) is 3.13. The van der Waals surface area contributed by atoms with E-state index >= 15 is 0 Å². The van der Waals surface area contributed by atoms with Crippen molar-refractivity contribution in [2.24, 2.45) is 0 Å². The van der Waals surface area contributed by atoms with E-state index < -0.39 is 20.8 Å². The highest BCUT2D eigenvalue weighted by Crippen LogP contribution is 2.12. The summed E-state index contributed by atoms with van der Waals surface area (Å²) in [4.78, 5) is -0.528. The van der Waals surface area contributed by atoms with E-state index in [2.05, 4.69) is 0 Å². The van der Waals surface area contributed by atoms with E-state index in [-0.39, 0.29) is 0 Å². The standard InChI is InChI=1S/C7H7FO3S/c1-5-2-6(8)4-7(3-5)12(9,10)11/h2-4H,1H3,(H,9,10,11)/p-1. The van der Waals surface area contributed by atoms with Gasteiger partial charge in [-0.25, -0.2) is 12.8 Å². The van der Waals surface area contributed by atoms with Crippen molar-refractivity contribution in [2.75, 3.05) is 0 Å². The Labute approximate surface area is 69.6 Å². The number of aryl methyl sites for hydroxylation is 1. The second kappa shape index (κ2) is 2.84. The van der Waals surface area contributed by atoms with E-state index in [0.29, 0.717) is 11.6 Å². The SMILES string of the molecule is Cc1cc(F)cc(S(=O)(=O)[O-])c1. The van der Waals surface area contributed by atoms with Gasteiger partial charge in [-0.15, -0.1) is 0 Å². The van der Waals surface area contributed by atoms with Gasteiger partial charge in [-0.3, -0.25) is 0 Å². The predicted octanol–water partition coefficient (Wildman–Crippen LogP) is 1.04. The quantitative estimate of drug-likeness (QED) is 0.620. The average Bonchev–Trinajstić information content (AvgIpc) is 1.82. The van der Waals surface area contributed by atoms with Crippen molar-refractivity contribution in [3.63, 3.8) is 0 Å². The zero-order valence-electron chi connectivity index (χ0n) is 6.24. The van der Waals surface area contributed by atoms with Crippen LogP contribution in [0, 0.1) is 12.7 Å². The molecule has 0 aromatic heterocycles. The largest absolute Gasteiger partial charge is 0.744 e. The lowest BCUT2D eigenvalue weighted by Crippen LogP contribution is -1.99. The van der Waals surface area contributed by atoms with Crippen LogP contribution in [-0.4, -0.2) is 13.0 Å². The minimum Gasteiger partial charge on any atom is -0.744 e. The molecule has 0 saturated carbocycles. The molecule has 66 valence electrons. The summed E-state index contributed by atoms with van der Waals surface area (Å²) in [5.41, 5.74) is 0.407. The van der Waals surface area contributed by atoms with E-state index in [1.165, 1.54) is 6.92 Å². The van der Waals surface area contributed by atoms with Crippen LogP contribution < -0.4 is 0 Å². The van der Waals surface area contributed by atoms with E-state index in [4.69, 9.17) is 0 Å². The molecule has 0 aliphatic carbocycles. The molecule has 0 aliphatic rings. The van der Waals surface area contributed by atoms with Crippen LogP contribution in [0.25, 0.3) is 0 Å². The summed E-state index contributed by atoms with van der Waals surface area (Å²) in [6, 6.07) is 2.98. The molecule has 0 heterocycles. The summed E-state index contributed by atoms with van der Waals surface area (Å²) >= 11 is 0. The van der Waals surface area contributed by atoms with Crippen molar-refractivity contribution in [3.05, 3.63) is 29.6 Å². The lowest BCUT2D eigenvalue weighted by molar-refractivity contribution is 0.462. The highest BCUT2D eigenvalue weighted by atomic mass is 32.2. The molecule has 12 heavy (non-hydrogen) atoms. The molecular weight excluding hydrogens is 183 g/mol. The van der Waals surface area contributed by atoms with Crippen LogP contribution in [0.5, 0.6) is 0 Å². The van der Waals surface area contributed by atoms with Crippen LogP contribution in [0.4, 0.5) is 4.39 Å². The number of rotatable bonds is 1. The van der Waals surface area contributed by atoms with E-state index in [9.17, 15) is 17.4 Å². The van der Waals surface area contributed by atoms with Crippen LogP contribution in [0.3, 0.4) is 0 Å². The van der Waals surface area contributed by atoms with Gasteiger partial charge in [0.2, 0.25) is 0 Å². The van der Waals surface area contributed by atoms with Gasteiger partial charge >= 0.3 is 0 Å². The molecule has 0 aliphatic heterocycles. The summed E-state index contributed by atoms with van der Waals surface area (Å²) in [7, 11) is -4.54. The minimum atomic E-state index is -4.54. The fourth-order valence-electron chi connectivity index (χ4n) is 0.847. The third kappa shape index (κ3) is 2.02. The van der Waals surface area contributed by atoms with Gasteiger partial charge in [0.25, 0.3) is 0 Å². The van der Waals surface area contributed by atoms with Crippen molar-refractivity contribution < 1.29 is 17.4 Å². The van der Waals surface area contributed by atoms with Crippen molar-refractivity contribution >= 4 is 10.1 Å². The van der Waals surface area contributed by atoms with Gasteiger partial charge in [0.05, 0.1) is 4.90 Å². The molecule has 0 N–H and O–H groups in total. The first-order valence-corrected chi connectivity index (χ1v) is 4.53. The monoisotopic (exact) mass is 189 g/mol. The summed E-state index contributed by atoms with van der Waals surface area (Å²) in [5, 5.41) is 0. The molecule has 0 unspecified atom stereocenters.